The summed E-state index contributed by atoms with van der Waals surface area (Å²) in [7, 11) is 2.00. The summed E-state index contributed by atoms with van der Waals surface area (Å²) in [5, 5.41) is 7.86. The van der Waals surface area contributed by atoms with Crippen molar-refractivity contribution in [1.82, 2.24) is 19.9 Å². The molecule has 6 heteroatoms. The molecule has 1 aliphatic heterocycles. The van der Waals surface area contributed by atoms with Gasteiger partial charge >= 0.3 is 0 Å². The quantitative estimate of drug-likeness (QED) is 0.870. The number of anilines is 1. The van der Waals surface area contributed by atoms with Crippen LogP contribution in [0.25, 0.3) is 5.65 Å². The lowest BCUT2D eigenvalue weighted by Crippen LogP contribution is -2.44. The van der Waals surface area contributed by atoms with Gasteiger partial charge in [-0.25, -0.2) is 4.52 Å². The zero-order valence-corrected chi connectivity index (χ0v) is 11.3. The summed E-state index contributed by atoms with van der Waals surface area (Å²) < 4.78 is 7.57. The van der Waals surface area contributed by atoms with Crippen LogP contribution >= 0.6 is 0 Å². The number of ether oxygens (including phenoxy) is 1. The van der Waals surface area contributed by atoms with Crippen LogP contribution in [0.1, 0.15) is 5.69 Å². The zero-order valence-electron chi connectivity index (χ0n) is 11.3. The van der Waals surface area contributed by atoms with Crippen LogP contribution in [0.5, 0.6) is 0 Å². The van der Waals surface area contributed by atoms with Crippen molar-refractivity contribution >= 4 is 11.6 Å². The minimum absolute atomic E-state index is 0.200. The fourth-order valence-electron chi connectivity index (χ4n) is 2.31. The molecule has 0 amide bonds. The number of nitrogens with one attached hydrogen (secondary N) is 1. The van der Waals surface area contributed by atoms with Crippen LogP contribution in [0.4, 0.5) is 5.95 Å². The van der Waals surface area contributed by atoms with Crippen LogP contribution in [-0.2, 0) is 4.74 Å². The molecule has 0 radical (unpaired) electrons. The molecule has 3 rings (SSSR count). The SMILES string of the molecule is Cc1cccc2nc(N(C)CC3CNCCO3)nn12. The lowest BCUT2D eigenvalue weighted by atomic mass is 10.3. The molecule has 102 valence electrons. The highest BCUT2D eigenvalue weighted by molar-refractivity contribution is 5.45. The lowest BCUT2D eigenvalue weighted by Gasteiger charge is -2.27. The molecule has 2 aromatic rings. The van der Waals surface area contributed by atoms with Gasteiger partial charge in [0.2, 0.25) is 5.95 Å². The highest BCUT2D eigenvalue weighted by atomic mass is 16.5. The summed E-state index contributed by atoms with van der Waals surface area (Å²) in [4.78, 5) is 6.59. The zero-order chi connectivity index (χ0) is 13.2. The van der Waals surface area contributed by atoms with E-state index in [0.717, 1.165) is 43.5 Å². The molecule has 0 bridgehead atoms. The first-order chi connectivity index (χ1) is 9.24. The Kier molecular flexibility index (Phi) is 3.35. The smallest absolute Gasteiger partial charge is 0.245 e. The summed E-state index contributed by atoms with van der Waals surface area (Å²) in [5.41, 5.74) is 1.96. The van der Waals surface area contributed by atoms with Gasteiger partial charge in [0.1, 0.15) is 0 Å². The van der Waals surface area contributed by atoms with Crippen molar-refractivity contribution in [2.24, 2.45) is 0 Å². The standard InChI is InChI=1S/C13H19N5O/c1-10-4-3-5-12-15-13(16-18(10)12)17(2)9-11-8-14-6-7-19-11/h3-5,11,14H,6-9H2,1-2H3. The predicted octanol–water partition coefficient (Wildman–Crippen LogP) is 0.462. The van der Waals surface area contributed by atoms with Gasteiger partial charge in [-0.05, 0) is 19.1 Å². The Balaban J connectivity index is 1.77. The molecule has 1 atom stereocenters. The maximum absolute atomic E-state index is 5.70. The van der Waals surface area contributed by atoms with Gasteiger partial charge in [0.15, 0.2) is 5.65 Å². The van der Waals surface area contributed by atoms with Gasteiger partial charge in [0, 0.05) is 32.4 Å². The molecule has 0 spiro atoms. The van der Waals surface area contributed by atoms with E-state index in [2.05, 4.69) is 15.4 Å². The molecule has 0 saturated carbocycles. The molecule has 1 N–H and O–H groups in total. The minimum atomic E-state index is 0.200. The Bertz CT molecular complexity index is 561. The molecule has 1 aliphatic rings. The highest BCUT2D eigenvalue weighted by Gasteiger charge is 2.18. The summed E-state index contributed by atoms with van der Waals surface area (Å²) in [6.07, 6.45) is 0.200. The van der Waals surface area contributed by atoms with E-state index in [1.165, 1.54) is 0 Å². The molecule has 1 fully saturated rings. The fraction of sp³-hybridized carbons (Fsp3) is 0.538. The van der Waals surface area contributed by atoms with Crippen molar-refractivity contribution in [3.63, 3.8) is 0 Å². The lowest BCUT2D eigenvalue weighted by molar-refractivity contribution is 0.0338. The van der Waals surface area contributed by atoms with Gasteiger partial charge in [-0.15, -0.1) is 5.10 Å². The Hall–Kier alpha value is -1.66. The number of fused-ring (bicyclic) bond motifs is 1. The molecular formula is C13H19N5O. The second-order valence-corrected chi connectivity index (χ2v) is 4.93. The van der Waals surface area contributed by atoms with E-state index in [1.54, 1.807) is 0 Å². The first-order valence-corrected chi connectivity index (χ1v) is 6.60. The number of morpholine rings is 1. The van der Waals surface area contributed by atoms with Crippen molar-refractivity contribution in [2.75, 3.05) is 38.2 Å². The molecule has 6 nitrogen and oxygen atoms in total. The van der Waals surface area contributed by atoms with Crippen LogP contribution in [-0.4, -0.2) is 54.0 Å². The average molecular weight is 261 g/mol. The summed E-state index contributed by atoms with van der Waals surface area (Å²) in [6.45, 7) is 5.42. The third kappa shape index (κ3) is 2.54. The molecule has 0 aromatic carbocycles. The van der Waals surface area contributed by atoms with Crippen LogP contribution in [0, 0.1) is 6.92 Å². The number of aryl methyl sites for hydroxylation is 1. The predicted molar refractivity (Wildman–Crippen MR) is 73.6 cm³/mol. The van der Waals surface area contributed by atoms with Gasteiger partial charge in [0.25, 0.3) is 0 Å². The molecule has 2 aromatic heterocycles. The third-order valence-corrected chi connectivity index (χ3v) is 3.36. The number of aromatic nitrogens is 3. The number of hydrogen-bond acceptors (Lipinski definition) is 5. The summed E-state index contributed by atoms with van der Waals surface area (Å²) in [6, 6.07) is 5.99. The Labute approximate surface area is 112 Å². The maximum atomic E-state index is 5.70. The van der Waals surface area contributed by atoms with Gasteiger partial charge < -0.3 is 15.0 Å². The molecule has 1 unspecified atom stereocenters. The Morgan fingerprint density at radius 3 is 3.16 bits per heavy atom. The number of likely N-dealkylation sites (N-methyl/N-ethyl adjacent to an activating group) is 1. The van der Waals surface area contributed by atoms with Crippen LogP contribution in [0.15, 0.2) is 18.2 Å². The average Bonchev–Trinajstić information content (AvgIpc) is 2.85. The van der Waals surface area contributed by atoms with Crippen molar-refractivity contribution in [3.05, 3.63) is 23.9 Å². The monoisotopic (exact) mass is 261 g/mol. The molecule has 19 heavy (non-hydrogen) atoms. The van der Waals surface area contributed by atoms with E-state index in [0.29, 0.717) is 0 Å². The van der Waals surface area contributed by atoms with E-state index in [1.807, 2.05) is 41.6 Å². The van der Waals surface area contributed by atoms with E-state index < -0.39 is 0 Å². The van der Waals surface area contributed by atoms with E-state index in [-0.39, 0.29) is 6.10 Å². The van der Waals surface area contributed by atoms with E-state index in [9.17, 15) is 0 Å². The molecule has 3 heterocycles. The third-order valence-electron chi connectivity index (χ3n) is 3.36. The summed E-state index contributed by atoms with van der Waals surface area (Å²) >= 11 is 0. The van der Waals surface area contributed by atoms with Crippen LogP contribution in [0.3, 0.4) is 0 Å². The minimum Gasteiger partial charge on any atom is -0.374 e. The number of hydrogen-bond donors (Lipinski definition) is 1. The van der Waals surface area contributed by atoms with Gasteiger partial charge in [0.05, 0.1) is 12.7 Å². The summed E-state index contributed by atoms with van der Waals surface area (Å²) in [5.74, 6) is 0.739. The fourth-order valence-corrected chi connectivity index (χ4v) is 2.31. The second kappa shape index (κ2) is 5.14. The highest BCUT2D eigenvalue weighted by Crippen LogP contribution is 2.12. The molecule has 0 aliphatic carbocycles. The Morgan fingerprint density at radius 2 is 2.42 bits per heavy atom. The molecule has 1 saturated heterocycles. The van der Waals surface area contributed by atoms with Crippen molar-refractivity contribution in [3.8, 4) is 0 Å². The van der Waals surface area contributed by atoms with E-state index in [4.69, 9.17) is 4.74 Å². The number of pyridine rings is 1. The van der Waals surface area contributed by atoms with E-state index >= 15 is 0 Å². The van der Waals surface area contributed by atoms with Gasteiger partial charge in [-0.3, -0.25) is 0 Å². The first-order valence-electron chi connectivity index (χ1n) is 6.60. The second-order valence-electron chi connectivity index (χ2n) is 4.93. The van der Waals surface area contributed by atoms with Crippen molar-refractivity contribution in [2.45, 2.75) is 13.0 Å². The Morgan fingerprint density at radius 1 is 1.53 bits per heavy atom. The van der Waals surface area contributed by atoms with Crippen molar-refractivity contribution < 1.29 is 4.74 Å². The normalized spacial score (nSPS) is 19.8. The topological polar surface area (TPSA) is 54.7 Å². The van der Waals surface area contributed by atoms with Crippen molar-refractivity contribution in [1.29, 1.82) is 0 Å². The van der Waals surface area contributed by atoms with Gasteiger partial charge in [-0.1, -0.05) is 6.07 Å². The molecular weight excluding hydrogens is 242 g/mol. The first kappa shape index (κ1) is 12.4. The number of nitrogens with zero attached hydrogens (tertiary/aromatic N) is 4. The van der Waals surface area contributed by atoms with Crippen LogP contribution < -0.4 is 10.2 Å². The largest absolute Gasteiger partial charge is 0.374 e. The van der Waals surface area contributed by atoms with Gasteiger partial charge in [-0.2, -0.15) is 4.98 Å². The number of rotatable bonds is 3. The van der Waals surface area contributed by atoms with Crippen LogP contribution in [0.2, 0.25) is 0 Å². The maximum Gasteiger partial charge on any atom is 0.245 e.